The number of carbonyl (C=O) groups is 1. The zero-order chi connectivity index (χ0) is 22.7. The fourth-order valence-electron chi connectivity index (χ4n) is 4.01. The molecular weight excluding hydrogens is 465 g/mol. The van der Waals surface area contributed by atoms with E-state index in [0.717, 1.165) is 31.2 Å². The minimum absolute atomic E-state index is 0.0943. The highest BCUT2D eigenvalue weighted by Gasteiger charge is 2.23. The van der Waals surface area contributed by atoms with Crippen LogP contribution < -0.4 is 5.32 Å². The third-order valence-corrected chi connectivity index (χ3v) is 6.44. The molecule has 4 nitrogen and oxygen atoms in total. The van der Waals surface area contributed by atoms with Gasteiger partial charge in [-0.2, -0.15) is 5.26 Å². The van der Waals surface area contributed by atoms with Gasteiger partial charge in [-0.05, 0) is 54.8 Å². The van der Waals surface area contributed by atoms with E-state index in [1.807, 2.05) is 12.1 Å². The number of benzene rings is 2. The van der Waals surface area contributed by atoms with Crippen LogP contribution in [0.3, 0.4) is 0 Å². The van der Waals surface area contributed by atoms with Gasteiger partial charge in [0.2, 0.25) is 0 Å². The number of nitriles is 1. The summed E-state index contributed by atoms with van der Waals surface area (Å²) in [5.74, 6) is -0.345. The second-order valence-corrected chi connectivity index (χ2v) is 9.11. The predicted octanol–water partition coefficient (Wildman–Crippen LogP) is 7.31. The molecule has 1 N–H and O–H groups in total. The Labute approximate surface area is 202 Å². The zero-order valence-electron chi connectivity index (χ0n) is 17.2. The minimum Gasteiger partial charge on any atom is -0.348 e. The number of amides is 1. The van der Waals surface area contributed by atoms with Crippen molar-refractivity contribution < 1.29 is 4.79 Å². The van der Waals surface area contributed by atoms with Crippen molar-refractivity contribution in [3.63, 3.8) is 0 Å². The summed E-state index contributed by atoms with van der Waals surface area (Å²) in [6, 6.07) is 16.2. The molecule has 0 spiro atoms. The molecule has 1 aliphatic rings. The van der Waals surface area contributed by atoms with Crippen LogP contribution in [0.25, 0.3) is 22.4 Å². The van der Waals surface area contributed by atoms with E-state index in [1.165, 1.54) is 6.42 Å². The van der Waals surface area contributed by atoms with Crippen LogP contribution in [0.15, 0.2) is 48.5 Å². The summed E-state index contributed by atoms with van der Waals surface area (Å²) in [6.45, 7) is 0. The molecule has 0 saturated heterocycles. The first-order valence-corrected chi connectivity index (χ1v) is 11.6. The molecule has 0 bridgehead atoms. The third kappa shape index (κ3) is 4.91. The number of nitrogens with zero attached hydrogens (tertiary/aromatic N) is 2. The Balaban J connectivity index is 1.85. The molecule has 0 unspecified atom stereocenters. The number of rotatable bonds is 4. The smallest absolute Gasteiger partial charge is 0.271 e. The average Bonchev–Trinajstić information content (AvgIpc) is 2.79. The number of pyridine rings is 1. The lowest BCUT2D eigenvalue weighted by molar-refractivity contribution is 0.0922. The topological polar surface area (TPSA) is 65.8 Å². The van der Waals surface area contributed by atoms with Crippen LogP contribution in [0, 0.1) is 11.3 Å². The fraction of sp³-hybridized carbons (Fsp3) is 0.240. The number of hydrogen-bond donors (Lipinski definition) is 1. The normalized spacial score (nSPS) is 14.1. The maximum atomic E-state index is 13.1. The Hall–Kier alpha value is -2.58. The summed E-state index contributed by atoms with van der Waals surface area (Å²) < 4.78 is 0. The van der Waals surface area contributed by atoms with Crippen molar-refractivity contribution in [1.29, 1.82) is 5.26 Å². The number of hydrogen-bond acceptors (Lipinski definition) is 3. The van der Waals surface area contributed by atoms with Crippen LogP contribution in [0.5, 0.6) is 0 Å². The predicted molar refractivity (Wildman–Crippen MR) is 129 cm³/mol. The van der Waals surface area contributed by atoms with E-state index in [-0.39, 0.29) is 23.2 Å². The van der Waals surface area contributed by atoms with Gasteiger partial charge in [0, 0.05) is 27.2 Å². The molecule has 1 aliphatic carbocycles. The van der Waals surface area contributed by atoms with Crippen LogP contribution in [-0.4, -0.2) is 16.9 Å². The lowest BCUT2D eigenvalue weighted by Crippen LogP contribution is -2.37. The van der Waals surface area contributed by atoms with E-state index in [2.05, 4.69) is 16.4 Å². The van der Waals surface area contributed by atoms with E-state index in [0.29, 0.717) is 31.9 Å². The van der Waals surface area contributed by atoms with Crippen LogP contribution in [0.2, 0.25) is 15.1 Å². The SMILES string of the molecule is N#Cc1cc(-c2ccc(Cl)cc2)c(-c2ccc(Cl)cc2Cl)nc1C(=O)NC1CCCCC1. The molecule has 1 amide bonds. The van der Waals surface area contributed by atoms with E-state index < -0.39 is 0 Å². The van der Waals surface area contributed by atoms with Crippen molar-refractivity contribution >= 4 is 40.7 Å². The maximum Gasteiger partial charge on any atom is 0.271 e. The molecule has 7 heteroatoms. The molecule has 4 rings (SSSR count). The Bertz CT molecular complexity index is 1200. The van der Waals surface area contributed by atoms with Gasteiger partial charge in [0.1, 0.15) is 11.8 Å². The van der Waals surface area contributed by atoms with E-state index in [1.54, 1.807) is 36.4 Å². The molecule has 1 aromatic heterocycles. The van der Waals surface area contributed by atoms with Gasteiger partial charge in [-0.3, -0.25) is 4.79 Å². The molecule has 3 aromatic rings. The molecule has 1 heterocycles. The Morgan fingerprint density at radius 1 is 0.938 bits per heavy atom. The van der Waals surface area contributed by atoms with Gasteiger partial charge in [0.05, 0.1) is 16.3 Å². The molecule has 2 aromatic carbocycles. The summed E-state index contributed by atoms with van der Waals surface area (Å²) in [6.07, 6.45) is 5.23. The van der Waals surface area contributed by atoms with Crippen molar-refractivity contribution in [2.45, 2.75) is 38.1 Å². The summed E-state index contributed by atoms with van der Waals surface area (Å²) in [5, 5.41) is 14.4. The van der Waals surface area contributed by atoms with Crippen molar-refractivity contribution in [3.05, 3.63) is 74.9 Å². The van der Waals surface area contributed by atoms with Gasteiger partial charge in [-0.1, -0.05) is 66.2 Å². The first kappa shape index (κ1) is 22.6. The summed E-state index contributed by atoms with van der Waals surface area (Å²) >= 11 is 18.6. The van der Waals surface area contributed by atoms with Crippen LogP contribution in [-0.2, 0) is 0 Å². The van der Waals surface area contributed by atoms with Crippen molar-refractivity contribution in [2.24, 2.45) is 0 Å². The highest BCUT2D eigenvalue weighted by Crippen LogP contribution is 2.37. The molecule has 0 atom stereocenters. The third-order valence-electron chi connectivity index (χ3n) is 5.64. The first-order chi connectivity index (χ1) is 15.5. The van der Waals surface area contributed by atoms with Crippen LogP contribution in [0.1, 0.15) is 48.2 Å². The zero-order valence-corrected chi connectivity index (χ0v) is 19.4. The van der Waals surface area contributed by atoms with Crippen molar-refractivity contribution in [1.82, 2.24) is 10.3 Å². The molecule has 0 aliphatic heterocycles. The minimum atomic E-state index is -0.345. The summed E-state index contributed by atoms with van der Waals surface area (Å²) in [7, 11) is 0. The van der Waals surface area contributed by atoms with Gasteiger partial charge >= 0.3 is 0 Å². The summed E-state index contributed by atoms with van der Waals surface area (Å²) in [4.78, 5) is 17.8. The lowest BCUT2D eigenvalue weighted by atomic mass is 9.94. The van der Waals surface area contributed by atoms with Gasteiger partial charge in [0.15, 0.2) is 0 Å². The fourth-order valence-corrected chi connectivity index (χ4v) is 4.63. The first-order valence-electron chi connectivity index (χ1n) is 10.4. The molecule has 1 fully saturated rings. The van der Waals surface area contributed by atoms with Gasteiger partial charge in [0.25, 0.3) is 5.91 Å². The molecule has 32 heavy (non-hydrogen) atoms. The molecule has 1 saturated carbocycles. The second-order valence-electron chi connectivity index (χ2n) is 7.83. The summed E-state index contributed by atoms with van der Waals surface area (Å²) in [5.41, 5.74) is 2.91. The number of carbonyl (C=O) groups excluding carboxylic acids is 1. The van der Waals surface area contributed by atoms with E-state index in [9.17, 15) is 10.1 Å². The molecule has 0 radical (unpaired) electrons. The molecule has 162 valence electrons. The van der Waals surface area contributed by atoms with Gasteiger partial charge < -0.3 is 5.32 Å². The van der Waals surface area contributed by atoms with E-state index in [4.69, 9.17) is 34.8 Å². The lowest BCUT2D eigenvalue weighted by Gasteiger charge is -2.23. The Kier molecular flexibility index (Phi) is 7.01. The van der Waals surface area contributed by atoms with Crippen molar-refractivity contribution in [3.8, 4) is 28.5 Å². The number of nitrogens with one attached hydrogen (secondary N) is 1. The molecular formula is C25H20Cl3N3O. The van der Waals surface area contributed by atoms with Crippen molar-refractivity contribution in [2.75, 3.05) is 0 Å². The van der Waals surface area contributed by atoms with E-state index >= 15 is 0 Å². The quantitative estimate of drug-likeness (QED) is 0.422. The standard InChI is InChI=1S/C25H20Cl3N3O/c26-17-8-6-15(7-9-17)21-12-16(14-29)23(25(32)30-19-4-2-1-3-5-19)31-24(21)20-11-10-18(27)13-22(20)28/h6-13,19H,1-5H2,(H,30,32). The van der Waals surface area contributed by atoms with Gasteiger partial charge in [-0.15, -0.1) is 0 Å². The number of aromatic nitrogens is 1. The monoisotopic (exact) mass is 483 g/mol. The highest BCUT2D eigenvalue weighted by molar-refractivity contribution is 6.36. The number of halogens is 3. The maximum absolute atomic E-state index is 13.1. The van der Waals surface area contributed by atoms with Crippen LogP contribution >= 0.6 is 34.8 Å². The Morgan fingerprint density at radius 2 is 1.62 bits per heavy atom. The second kappa shape index (κ2) is 9.92. The van der Waals surface area contributed by atoms with Gasteiger partial charge in [-0.25, -0.2) is 4.98 Å². The average molecular weight is 485 g/mol. The van der Waals surface area contributed by atoms with Crippen LogP contribution in [0.4, 0.5) is 0 Å². The largest absolute Gasteiger partial charge is 0.348 e. The highest BCUT2D eigenvalue weighted by atomic mass is 35.5. The Morgan fingerprint density at radius 3 is 2.28 bits per heavy atom.